The second-order valence-electron chi connectivity index (χ2n) is 4.42. The predicted octanol–water partition coefficient (Wildman–Crippen LogP) is 1.64. The maximum Gasteiger partial charge on any atom is 0.442 e. The normalized spacial score (nSPS) is 11.8. The van der Waals surface area contributed by atoms with Gasteiger partial charge in [0.15, 0.2) is 0 Å². The Morgan fingerprint density at radius 1 is 1.50 bits per heavy atom. The second-order valence-corrected chi connectivity index (χ2v) is 4.42. The summed E-state index contributed by atoms with van der Waals surface area (Å²) in [6.07, 6.45) is -4.95. The van der Waals surface area contributed by atoms with Crippen LogP contribution in [0.2, 0.25) is 0 Å². The van der Waals surface area contributed by atoms with Gasteiger partial charge in [0.25, 0.3) is 0 Å². The first-order valence-corrected chi connectivity index (χ1v) is 5.62. The van der Waals surface area contributed by atoms with Crippen LogP contribution in [0.25, 0.3) is 0 Å². The summed E-state index contributed by atoms with van der Waals surface area (Å²) in [6, 6.07) is -0.199. The Morgan fingerprint density at radius 2 is 2.05 bits per heavy atom. The average Bonchev–Trinajstić information content (AvgIpc) is 2.54. The van der Waals surface area contributed by atoms with Gasteiger partial charge in [0.05, 0.1) is 4.92 Å². The first-order valence-electron chi connectivity index (χ1n) is 5.62. The van der Waals surface area contributed by atoms with Crippen LogP contribution in [0.4, 0.5) is 18.9 Å². The molecule has 0 radical (unpaired) electrons. The van der Waals surface area contributed by atoms with Gasteiger partial charge in [-0.25, -0.2) is 0 Å². The van der Waals surface area contributed by atoms with Gasteiger partial charge < -0.3 is 5.32 Å². The van der Waals surface area contributed by atoms with Crippen LogP contribution in [0.3, 0.4) is 0 Å². The Hall–Kier alpha value is -2.13. The number of amides is 1. The van der Waals surface area contributed by atoms with Gasteiger partial charge >= 0.3 is 11.9 Å². The van der Waals surface area contributed by atoms with Crippen LogP contribution in [0.1, 0.15) is 25.2 Å². The zero-order valence-electron chi connectivity index (χ0n) is 11.0. The van der Waals surface area contributed by atoms with Gasteiger partial charge in [-0.05, 0) is 20.8 Å². The van der Waals surface area contributed by atoms with Gasteiger partial charge in [-0.2, -0.15) is 18.3 Å². The van der Waals surface area contributed by atoms with E-state index in [0.717, 1.165) is 6.92 Å². The lowest BCUT2D eigenvalue weighted by molar-refractivity contribution is -0.388. The maximum absolute atomic E-state index is 12.7. The van der Waals surface area contributed by atoms with Crippen LogP contribution in [0, 0.1) is 17.0 Å². The van der Waals surface area contributed by atoms with Crippen LogP contribution >= 0.6 is 0 Å². The number of hydrogen-bond acceptors (Lipinski definition) is 4. The zero-order chi connectivity index (χ0) is 15.7. The molecule has 1 amide bonds. The number of alkyl halides is 3. The molecule has 112 valence electrons. The van der Waals surface area contributed by atoms with Crippen molar-refractivity contribution in [1.82, 2.24) is 15.1 Å². The third-order valence-corrected chi connectivity index (χ3v) is 2.37. The summed E-state index contributed by atoms with van der Waals surface area (Å²) < 4.78 is 38.7. The van der Waals surface area contributed by atoms with Gasteiger partial charge in [0.2, 0.25) is 11.6 Å². The van der Waals surface area contributed by atoms with Crippen LogP contribution in [-0.4, -0.2) is 26.7 Å². The Morgan fingerprint density at radius 3 is 2.40 bits per heavy atom. The van der Waals surface area contributed by atoms with Gasteiger partial charge in [0, 0.05) is 6.04 Å². The maximum atomic E-state index is 12.7. The molecule has 0 aliphatic carbocycles. The molecule has 0 aliphatic heterocycles. The third kappa shape index (κ3) is 3.45. The average molecular weight is 294 g/mol. The molecule has 10 heteroatoms. The van der Waals surface area contributed by atoms with Crippen LogP contribution in [-0.2, 0) is 17.5 Å². The fourth-order valence-corrected chi connectivity index (χ4v) is 1.60. The molecule has 1 rings (SSSR count). The quantitative estimate of drug-likeness (QED) is 0.675. The smallest absolute Gasteiger partial charge is 0.352 e. The van der Waals surface area contributed by atoms with Crippen molar-refractivity contribution in [3.05, 3.63) is 21.5 Å². The number of nitrogens with zero attached hydrogens (tertiary/aromatic N) is 3. The highest BCUT2D eigenvalue weighted by molar-refractivity contribution is 5.76. The van der Waals surface area contributed by atoms with Crippen LogP contribution < -0.4 is 5.32 Å². The molecule has 1 N–H and O–H groups in total. The summed E-state index contributed by atoms with van der Waals surface area (Å²) in [7, 11) is 0. The summed E-state index contributed by atoms with van der Waals surface area (Å²) >= 11 is 0. The Labute approximate surface area is 111 Å². The van der Waals surface area contributed by atoms with E-state index in [9.17, 15) is 28.1 Å². The van der Waals surface area contributed by atoms with Crippen molar-refractivity contribution in [2.24, 2.45) is 0 Å². The van der Waals surface area contributed by atoms with Gasteiger partial charge in [0.1, 0.15) is 12.2 Å². The summed E-state index contributed by atoms with van der Waals surface area (Å²) in [5, 5.41) is 16.3. The second kappa shape index (κ2) is 5.47. The molecule has 20 heavy (non-hydrogen) atoms. The van der Waals surface area contributed by atoms with E-state index in [1.807, 2.05) is 0 Å². The molecule has 0 atom stereocenters. The topological polar surface area (TPSA) is 90.1 Å². The number of aromatic nitrogens is 2. The minimum absolute atomic E-state index is 0.199. The lowest BCUT2D eigenvalue weighted by atomic mass is 10.3. The molecule has 1 aromatic rings. The Kier molecular flexibility index (Phi) is 4.36. The van der Waals surface area contributed by atoms with Crippen molar-refractivity contribution in [3.8, 4) is 0 Å². The van der Waals surface area contributed by atoms with Gasteiger partial charge in [-0.3, -0.25) is 19.6 Å². The SMILES string of the molecule is Cc1c([N+](=O)[O-])c(C(F)(F)F)nn1CC(=O)NC(C)C. The third-order valence-electron chi connectivity index (χ3n) is 2.37. The van der Waals surface area contributed by atoms with Gasteiger partial charge in [-0.15, -0.1) is 0 Å². The Bertz CT molecular complexity index is 537. The fraction of sp³-hybridized carbons (Fsp3) is 0.600. The van der Waals surface area contributed by atoms with Crippen molar-refractivity contribution in [1.29, 1.82) is 0 Å². The number of nitro groups is 1. The first kappa shape index (κ1) is 15.9. The molecule has 0 bridgehead atoms. The van der Waals surface area contributed by atoms with E-state index in [0.29, 0.717) is 4.68 Å². The first-order chi connectivity index (χ1) is 9.04. The number of carbonyl (C=O) groups is 1. The van der Waals surface area contributed by atoms with Crippen LogP contribution in [0.15, 0.2) is 0 Å². The number of nitrogens with one attached hydrogen (secondary N) is 1. The number of carbonyl (C=O) groups excluding carboxylic acids is 1. The van der Waals surface area contributed by atoms with E-state index in [1.165, 1.54) is 0 Å². The highest BCUT2D eigenvalue weighted by Crippen LogP contribution is 2.36. The van der Waals surface area contributed by atoms with Gasteiger partial charge in [-0.1, -0.05) is 0 Å². The molecule has 7 nitrogen and oxygen atoms in total. The van der Waals surface area contributed by atoms with E-state index in [4.69, 9.17) is 0 Å². The fourth-order valence-electron chi connectivity index (χ4n) is 1.60. The predicted molar refractivity (Wildman–Crippen MR) is 61.9 cm³/mol. The van der Waals surface area contributed by atoms with E-state index >= 15 is 0 Å². The molecule has 0 aliphatic rings. The minimum atomic E-state index is -4.95. The molecule has 0 saturated carbocycles. The van der Waals surface area contributed by atoms with E-state index in [2.05, 4.69) is 10.4 Å². The standard InChI is InChI=1S/C10H13F3N4O3/c1-5(2)14-7(18)4-16-6(3)8(17(19)20)9(15-16)10(11,12)13/h5H,4H2,1-3H3,(H,14,18). The molecule has 0 aromatic carbocycles. The van der Waals surface area contributed by atoms with Crippen molar-refractivity contribution < 1.29 is 22.9 Å². The molecule has 0 fully saturated rings. The lowest BCUT2D eigenvalue weighted by Crippen LogP contribution is -2.33. The number of hydrogen-bond donors (Lipinski definition) is 1. The minimum Gasteiger partial charge on any atom is -0.352 e. The molecule has 0 unspecified atom stereocenters. The molecule has 0 spiro atoms. The summed E-state index contributed by atoms with van der Waals surface area (Å²) in [4.78, 5) is 21.1. The van der Waals surface area contributed by atoms with E-state index in [-0.39, 0.29) is 11.7 Å². The zero-order valence-corrected chi connectivity index (χ0v) is 11.0. The summed E-state index contributed by atoms with van der Waals surface area (Å²) in [6.45, 7) is 3.96. The molecular weight excluding hydrogens is 281 g/mol. The molecule has 1 heterocycles. The largest absolute Gasteiger partial charge is 0.442 e. The summed E-state index contributed by atoms with van der Waals surface area (Å²) in [5.74, 6) is -0.575. The highest BCUT2D eigenvalue weighted by atomic mass is 19.4. The summed E-state index contributed by atoms with van der Waals surface area (Å²) in [5.41, 5.74) is -3.05. The molecule has 1 aromatic heterocycles. The van der Waals surface area contributed by atoms with Crippen LogP contribution in [0.5, 0.6) is 0 Å². The van der Waals surface area contributed by atoms with Crippen molar-refractivity contribution >= 4 is 11.6 Å². The molecular formula is C10H13F3N4O3. The van der Waals surface area contributed by atoms with Crippen molar-refractivity contribution in [3.63, 3.8) is 0 Å². The monoisotopic (exact) mass is 294 g/mol. The molecule has 0 saturated heterocycles. The van der Waals surface area contributed by atoms with E-state index < -0.39 is 34.9 Å². The van der Waals surface area contributed by atoms with Crippen molar-refractivity contribution in [2.75, 3.05) is 0 Å². The highest BCUT2D eigenvalue weighted by Gasteiger charge is 2.44. The lowest BCUT2D eigenvalue weighted by Gasteiger charge is -2.08. The van der Waals surface area contributed by atoms with Crippen molar-refractivity contribution in [2.45, 2.75) is 39.5 Å². The van der Waals surface area contributed by atoms with E-state index in [1.54, 1.807) is 13.8 Å². The number of halogens is 3. The Balaban J connectivity index is 3.17. The number of rotatable bonds is 4.